The van der Waals surface area contributed by atoms with Crippen LogP contribution in [0.4, 0.5) is 4.39 Å². The summed E-state index contributed by atoms with van der Waals surface area (Å²) in [6.45, 7) is 0. The molecule has 0 amide bonds. The highest BCUT2D eigenvalue weighted by Crippen LogP contribution is 2.34. The van der Waals surface area contributed by atoms with Crippen molar-refractivity contribution in [2.45, 2.75) is 24.8 Å². The summed E-state index contributed by atoms with van der Waals surface area (Å²) in [6.07, 6.45) is 3.66. The van der Waals surface area contributed by atoms with Gasteiger partial charge in [0, 0.05) is 23.7 Å². The molecule has 4 heteroatoms. The summed E-state index contributed by atoms with van der Waals surface area (Å²) in [7, 11) is 0. The van der Waals surface area contributed by atoms with Gasteiger partial charge in [0.2, 0.25) is 0 Å². The summed E-state index contributed by atoms with van der Waals surface area (Å²) in [5, 5.41) is 0. The molecule has 2 N–H and O–H groups in total. The standard InChI is InChI=1S/C14H14FN3/c15-11-3-1-9(2-4-11)13-5-6-17-14(18-13)10-7-12(16)8-10/h1-6,10,12H,7-8,16H2. The summed E-state index contributed by atoms with van der Waals surface area (Å²) in [6, 6.07) is 8.47. The predicted molar refractivity (Wildman–Crippen MR) is 67.4 cm³/mol. The van der Waals surface area contributed by atoms with Crippen LogP contribution in [0.15, 0.2) is 36.5 Å². The Bertz CT molecular complexity index is 547. The van der Waals surface area contributed by atoms with Gasteiger partial charge < -0.3 is 5.73 Å². The van der Waals surface area contributed by atoms with Gasteiger partial charge in [-0.1, -0.05) is 0 Å². The van der Waals surface area contributed by atoms with Crippen molar-refractivity contribution in [1.29, 1.82) is 0 Å². The average Bonchev–Trinajstić information content (AvgIpc) is 2.36. The monoisotopic (exact) mass is 243 g/mol. The van der Waals surface area contributed by atoms with Crippen LogP contribution < -0.4 is 5.73 Å². The fraction of sp³-hybridized carbons (Fsp3) is 0.286. The van der Waals surface area contributed by atoms with Gasteiger partial charge in [-0.3, -0.25) is 0 Å². The molecule has 0 atom stereocenters. The van der Waals surface area contributed by atoms with Crippen LogP contribution in [0.5, 0.6) is 0 Å². The van der Waals surface area contributed by atoms with Crippen molar-refractivity contribution in [1.82, 2.24) is 9.97 Å². The summed E-state index contributed by atoms with van der Waals surface area (Å²) >= 11 is 0. The molecule has 3 rings (SSSR count). The van der Waals surface area contributed by atoms with Gasteiger partial charge in [0.25, 0.3) is 0 Å². The molecule has 1 aromatic carbocycles. The smallest absolute Gasteiger partial charge is 0.132 e. The van der Waals surface area contributed by atoms with Gasteiger partial charge >= 0.3 is 0 Å². The number of hydrogen-bond donors (Lipinski definition) is 1. The van der Waals surface area contributed by atoms with E-state index >= 15 is 0 Å². The molecule has 0 unspecified atom stereocenters. The number of aromatic nitrogens is 2. The van der Waals surface area contributed by atoms with Gasteiger partial charge in [-0.05, 0) is 43.2 Å². The first-order valence-corrected chi connectivity index (χ1v) is 6.07. The minimum atomic E-state index is -0.238. The third kappa shape index (κ3) is 2.11. The normalized spacial score (nSPS) is 22.6. The molecule has 1 aromatic heterocycles. The maximum Gasteiger partial charge on any atom is 0.132 e. The Morgan fingerprint density at radius 2 is 1.83 bits per heavy atom. The Kier molecular flexibility index (Phi) is 2.80. The third-order valence-electron chi connectivity index (χ3n) is 3.35. The summed E-state index contributed by atoms with van der Waals surface area (Å²) in [5.41, 5.74) is 7.51. The summed E-state index contributed by atoms with van der Waals surface area (Å²) in [4.78, 5) is 8.84. The molecule has 2 aromatic rings. The number of hydrogen-bond acceptors (Lipinski definition) is 3. The van der Waals surface area contributed by atoms with Crippen molar-refractivity contribution in [2.24, 2.45) is 5.73 Å². The molecule has 1 fully saturated rings. The third-order valence-corrected chi connectivity index (χ3v) is 3.35. The van der Waals surface area contributed by atoms with E-state index in [0.29, 0.717) is 5.92 Å². The number of nitrogens with zero attached hydrogens (tertiary/aromatic N) is 2. The van der Waals surface area contributed by atoms with Crippen LogP contribution in [-0.2, 0) is 0 Å². The zero-order valence-corrected chi connectivity index (χ0v) is 9.88. The van der Waals surface area contributed by atoms with Crippen LogP contribution in [0, 0.1) is 5.82 Å². The molecule has 1 aliphatic carbocycles. The Hall–Kier alpha value is -1.81. The zero-order valence-electron chi connectivity index (χ0n) is 9.88. The Morgan fingerprint density at radius 1 is 1.11 bits per heavy atom. The second-order valence-electron chi connectivity index (χ2n) is 4.74. The first-order valence-electron chi connectivity index (χ1n) is 6.07. The van der Waals surface area contributed by atoms with Crippen molar-refractivity contribution in [3.8, 4) is 11.3 Å². The lowest BCUT2D eigenvalue weighted by atomic mass is 9.80. The molecule has 0 radical (unpaired) electrons. The molecule has 18 heavy (non-hydrogen) atoms. The average molecular weight is 243 g/mol. The second kappa shape index (κ2) is 4.46. The van der Waals surface area contributed by atoms with E-state index in [1.54, 1.807) is 18.3 Å². The van der Waals surface area contributed by atoms with E-state index in [2.05, 4.69) is 9.97 Å². The van der Waals surface area contributed by atoms with Gasteiger partial charge in [0.1, 0.15) is 11.6 Å². The summed E-state index contributed by atoms with van der Waals surface area (Å²) < 4.78 is 12.9. The van der Waals surface area contributed by atoms with Crippen LogP contribution in [0.25, 0.3) is 11.3 Å². The fourth-order valence-corrected chi connectivity index (χ4v) is 2.22. The molecule has 1 aliphatic rings. The minimum Gasteiger partial charge on any atom is -0.328 e. The molecule has 3 nitrogen and oxygen atoms in total. The quantitative estimate of drug-likeness (QED) is 0.881. The molecule has 1 heterocycles. The van der Waals surface area contributed by atoms with Crippen LogP contribution in [0.2, 0.25) is 0 Å². The van der Waals surface area contributed by atoms with Crippen molar-refractivity contribution < 1.29 is 4.39 Å². The van der Waals surface area contributed by atoms with Crippen LogP contribution in [-0.4, -0.2) is 16.0 Å². The van der Waals surface area contributed by atoms with Gasteiger partial charge in [0.15, 0.2) is 0 Å². The van der Waals surface area contributed by atoms with E-state index in [1.807, 2.05) is 6.07 Å². The largest absolute Gasteiger partial charge is 0.328 e. The lowest BCUT2D eigenvalue weighted by Crippen LogP contribution is -2.35. The molecular weight excluding hydrogens is 229 g/mol. The molecular formula is C14H14FN3. The number of halogens is 1. The SMILES string of the molecule is NC1CC(c2nccc(-c3ccc(F)cc3)n2)C1. The van der Waals surface area contributed by atoms with E-state index in [4.69, 9.17) is 5.73 Å². The maximum absolute atomic E-state index is 12.9. The first-order chi connectivity index (χ1) is 8.72. The molecule has 0 aliphatic heterocycles. The van der Waals surface area contributed by atoms with Crippen molar-refractivity contribution >= 4 is 0 Å². The van der Waals surface area contributed by atoms with E-state index < -0.39 is 0 Å². The molecule has 0 bridgehead atoms. The van der Waals surface area contributed by atoms with Crippen LogP contribution >= 0.6 is 0 Å². The maximum atomic E-state index is 12.9. The summed E-state index contributed by atoms with van der Waals surface area (Å²) in [5.74, 6) is 0.983. The minimum absolute atomic E-state index is 0.238. The van der Waals surface area contributed by atoms with Gasteiger partial charge in [-0.15, -0.1) is 0 Å². The van der Waals surface area contributed by atoms with E-state index in [-0.39, 0.29) is 11.9 Å². The lowest BCUT2D eigenvalue weighted by molar-refractivity contribution is 0.338. The number of nitrogens with two attached hydrogens (primary N) is 1. The van der Waals surface area contributed by atoms with E-state index in [0.717, 1.165) is 29.9 Å². The topological polar surface area (TPSA) is 51.8 Å². The fourth-order valence-electron chi connectivity index (χ4n) is 2.22. The van der Waals surface area contributed by atoms with E-state index in [9.17, 15) is 4.39 Å². The molecule has 0 spiro atoms. The van der Waals surface area contributed by atoms with Gasteiger partial charge in [0.05, 0.1) is 5.69 Å². The first kappa shape index (κ1) is 11.3. The molecule has 92 valence electrons. The zero-order chi connectivity index (χ0) is 12.5. The van der Waals surface area contributed by atoms with Crippen LogP contribution in [0.3, 0.4) is 0 Å². The number of rotatable bonds is 2. The van der Waals surface area contributed by atoms with Gasteiger partial charge in [-0.25, -0.2) is 14.4 Å². The van der Waals surface area contributed by atoms with Gasteiger partial charge in [-0.2, -0.15) is 0 Å². The lowest BCUT2D eigenvalue weighted by Gasteiger charge is -2.31. The molecule has 0 saturated heterocycles. The highest BCUT2D eigenvalue weighted by molar-refractivity contribution is 5.58. The Labute approximate surface area is 105 Å². The van der Waals surface area contributed by atoms with Crippen molar-refractivity contribution in [2.75, 3.05) is 0 Å². The number of benzene rings is 1. The Morgan fingerprint density at radius 3 is 2.50 bits per heavy atom. The van der Waals surface area contributed by atoms with Crippen LogP contribution in [0.1, 0.15) is 24.6 Å². The molecule has 1 saturated carbocycles. The van der Waals surface area contributed by atoms with Crippen molar-refractivity contribution in [3.05, 3.63) is 48.2 Å². The van der Waals surface area contributed by atoms with Crippen molar-refractivity contribution in [3.63, 3.8) is 0 Å². The highest BCUT2D eigenvalue weighted by Gasteiger charge is 2.29. The Balaban J connectivity index is 1.89. The predicted octanol–water partition coefficient (Wildman–Crippen LogP) is 2.49. The second-order valence-corrected chi connectivity index (χ2v) is 4.74. The van der Waals surface area contributed by atoms with E-state index in [1.165, 1.54) is 12.1 Å². The highest BCUT2D eigenvalue weighted by atomic mass is 19.1.